The van der Waals surface area contributed by atoms with Crippen molar-refractivity contribution < 1.29 is 19.1 Å². The summed E-state index contributed by atoms with van der Waals surface area (Å²) in [5, 5.41) is 12.0. The second-order valence-electron chi connectivity index (χ2n) is 5.52. The number of esters is 1. The number of halogens is 1. The Morgan fingerprint density at radius 2 is 1.96 bits per heavy atom. The molecule has 0 bridgehead atoms. The minimum Gasteiger partial charge on any atom is -0.456 e. The molecule has 7 nitrogen and oxygen atoms in total. The largest absolute Gasteiger partial charge is 0.456 e. The molecule has 1 rings (SSSR count). The number of nitrogens with one attached hydrogen (secondary N) is 1. The molecule has 0 aliphatic carbocycles. The summed E-state index contributed by atoms with van der Waals surface area (Å²) in [7, 11) is 0. The third kappa shape index (κ3) is 7.33. The summed E-state index contributed by atoms with van der Waals surface area (Å²) < 4.78 is 4.98. The van der Waals surface area contributed by atoms with Crippen molar-refractivity contribution in [2.45, 2.75) is 19.4 Å². The summed E-state index contributed by atoms with van der Waals surface area (Å²) >= 11 is 7.29. The number of carbonyl (C=O) groups is 3. The van der Waals surface area contributed by atoms with Gasteiger partial charge in [0.15, 0.2) is 6.61 Å². The van der Waals surface area contributed by atoms with Crippen LogP contribution in [0.2, 0.25) is 5.02 Å². The van der Waals surface area contributed by atoms with Crippen LogP contribution in [-0.4, -0.2) is 42.3 Å². The lowest BCUT2D eigenvalue weighted by atomic mass is 10.1. The van der Waals surface area contributed by atoms with Gasteiger partial charge < -0.3 is 15.8 Å². The van der Waals surface area contributed by atoms with E-state index in [1.165, 1.54) is 30.8 Å². The third-order valence-corrected chi connectivity index (χ3v) is 4.33. The van der Waals surface area contributed by atoms with Gasteiger partial charge in [-0.05, 0) is 49.6 Å². The van der Waals surface area contributed by atoms with Gasteiger partial charge in [-0.2, -0.15) is 17.0 Å². The van der Waals surface area contributed by atoms with E-state index in [1.54, 1.807) is 18.2 Å². The topological polar surface area (TPSA) is 122 Å². The Balaban J connectivity index is 2.77. The maximum absolute atomic E-state index is 12.3. The van der Waals surface area contributed by atoms with E-state index < -0.39 is 30.3 Å². The molecule has 1 atom stereocenters. The fraction of sp³-hybridized carbons (Fsp3) is 0.333. The third-order valence-electron chi connectivity index (χ3n) is 3.44. The van der Waals surface area contributed by atoms with Crippen LogP contribution in [-0.2, 0) is 14.3 Å². The Hall–Kier alpha value is -2.50. The summed E-state index contributed by atoms with van der Waals surface area (Å²) in [5.41, 5.74) is 5.58. The first-order valence-corrected chi connectivity index (χ1v) is 9.69. The van der Waals surface area contributed by atoms with Crippen LogP contribution >= 0.6 is 23.4 Å². The zero-order valence-electron chi connectivity index (χ0n) is 15.0. The van der Waals surface area contributed by atoms with E-state index in [9.17, 15) is 14.4 Å². The Labute approximate surface area is 166 Å². The van der Waals surface area contributed by atoms with Crippen molar-refractivity contribution in [2.75, 3.05) is 18.6 Å². The number of rotatable bonds is 9. The molecular weight excluding hydrogens is 390 g/mol. The molecule has 0 aromatic heterocycles. The minimum atomic E-state index is -0.929. The van der Waals surface area contributed by atoms with Crippen LogP contribution in [0.5, 0.6) is 0 Å². The average Bonchev–Trinajstić information content (AvgIpc) is 2.63. The summed E-state index contributed by atoms with van der Waals surface area (Å²) in [4.78, 5) is 36.5. The molecule has 144 valence electrons. The molecule has 0 spiro atoms. The number of allylic oxidation sites excluding steroid dienone is 1. The van der Waals surface area contributed by atoms with Crippen molar-refractivity contribution in [3.63, 3.8) is 0 Å². The number of hydrogen-bond donors (Lipinski definition) is 2. The zero-order valence-corrected chi connectivity index (χ0v) is 16.5. The highest BCUT2D eigenvalue weighted by Gasteiger charge is 2.24. The van der Waals surface area contributed by atoms with Crippen molar-refractivity contribution in [2.24, 2.45) is 5.73 Å². The number of nitrogens with zero attached hydrogens (tertiary/aromatic N) is 1. The van der Waals surface area contributed by atoms with Gasteiger partial charge in [0.05, 0.1) is 0 Å². The molecule has 1 aromatic carbocycles. The first-order valence-electron chi connectivity index (χ1n) is 7.91. The van der Waals surface area contributed by atoms with Crippen LogP contribution in [0.3, 0.4) is 0 Å². The second-order valence-corrected chi connectivity index (χ2v) is 6.94. The fourth-order valence-electron chi connectivity index (χ4n) is 2.01. The normalized spacial score (nSPS) is 12.4. The van der Waals surface area contributed by atoms with Crippen LogP contribution in [0.25, 0.3) is 0 Å². The number of thioether (sulfide) groups is 1. The molecule has 3 N–H and O–H groups in total. The first-order chi connectivity index (χ1) is 12.8. The standard InChI is InChI=1S/C18H20ClN3O4S/c1-11(21)14(9-20)16(23)10-26-18(25)15(7-8-27-2)22-17(24)12-3-5-13(19)6-4-12/h3-6,15H,7-8,10,21H2,1-2H3,(H,22,24). The van der Waals surface area contributed by atoms with Gasteiger partial charge >= 0.3 is 5.97 Å². The number of carbonyl (C=O) groups excluding carboxylic acids is 3. The summed E-state index contributed by atoms with van der Waals surface area (Å²) in [6.07, 6.45) is 2.19. The summed E-state index contributed by atoms with van der Waals surface area (Å²) in [6.45, 7) is 0.786. The van der Waals surface area contributed by atoms with Crippen molar-refractivity contribution in [3.05, 3.63) is 46.1 Å². The number of amides is 1. The fourth-order valence-corrected chi connectivity index (χ4v) is 2.60. The predicted octanol–water partition coefficient (Wildman–Crippen LogP) is 2.06. The number of ether oxygens (including phenoxy) is 1. The average molecular weight is 410 g/mol. The molecule has 1 aromatic rings. The van der Waals surface area contributed by atoms with Gasteiger partial charge in [-0.3, -0.25) is 9.59 Å². The second kappa shape index (κ2) is 11.3. The van der Waals surface area contributed by atoms with Crippen molar-refractivity contribution in [1.29, 1.82) is 5.26 Å². The first kappa shape index (κ1) is 22.5. The van der Waals surface area contributed by atoms with E-state index in [1.807, 2.05) is 6.26 Å². The van der Waals surface area contributed by atoms with Crippen LogP contribution in [0.4, 0.5) is 0 Å². The maximum Gasteiger partial charge on any atom is 0.329 e. The Morgan fingerprint density at radius 3 is 2.48 bits per heavy atom. The highest BCUT2D eigenvalue weighted by molar-refractivity contribution is 7.98. The lowest BCUT2D eigenvalue weighted by Gasteiger charge is -2.17. The molecule has 27 heavy (non-hydrogen) atoms. The molecule has 1 unspecified atom stereocenters. The quantitative estimate of drug-likeness (QED) is 0.363. The number of benzene rings is 1. The van der Waals surface area contributed by atoms with E-state index in [0.29, 0.717) is 22.8 Å². The molecule has 0 aliphatic rings. The molecule has 0 saturated heterocycles. The number of Topliss-reactive ketones (excluding diaryl/α,β-unsaturated/α-hetero) is 1. The molecular formula is C18H20ClN3O4S. The van der Waals surface area contributed by atoms with Gasteiger partial charge in [0.2, 0.25) is 5.78 Å². The lowest BCUT2D eigenvalue weighted by Crippen LogP contribution is -2.42. The number of nitrogens with two attached hydrogens (primary N) is 1. The van der Waals surface area contributed by atoms with E-state index in [4.69, 9.17) is 27.3 Å². The van der Waals surface area contributed by atoms with Gasteiger partial charge in [-0.1, -0.05) is 11.6 Å². The predicted molar refractivity (Wildman–Crippen MR) is 104 cm³/mol. The molecule has 0 heterocycles. The SMILES string of the molecule is CSCCC(NC(=O)c1ccc(Cl)cc1)C(=O)OCC(=O)C(C#N)=C(C)N. The number of nitriles is 1. The molecule has 0 saturated carbocycles. The molecule has 1 amide bonds. The van der Waals surface area contributed by atoms with Gasteiger partial charge in [0, 0.05) is 16.3 Å². The molecule has 9 heteroatoms. The summed E-state index contributed by atoms with van der Waals surface area (Å²) in [6, 6.07) is 6.95. The van der Waals surface area contributed by atoms with E-state index in [0.717, 1.165) is 0 Å². The molecule has 0 fully saturated rings. The highest BCUT2D eigenvalue weighted by atomic mass is 35.5. The van der Waals surface area contributed by atoms with Crippen molar-refractivity contribution in [1.82, 2.24) is 5.32 Å². The van der Waals surface area contributed by atoms with Crippen LogP contribution in [0.1, 0.15) is 23.7 Å². The van der Waals surface area contributed by atoms with Crippen LogP contribution in [0.15, 0.2) is 35.5 Å². The van der Waals surface area contributed by atoms with Crippen LogP contribution in [0, 0.1) is 11.3 Å². The van der Waals surface area contributed by atoms with E-state index in [2.05, 4.69) is 5.32 Å². The summed E-state index contributed by atoms with van der Waals surface area (Å²) in [5.74, 6) is -1.32. The van der Waals surface area contributed by atoms with Gasteiger partial charge in [0.25, 0.3) is 5.91 Å². The lowest BCUT2D eigenvalue weighted by molar-refractivity contribution is -0.149. The van der Waals surface area contributed by atoms with Crippen LogP contribution < -0.4 is 11.1 Å². The van der Waals surface area contributed by atoms with Crippen molar-refractivity contribution in [3.8, 4) is 6.07 Å². The molecule has 0 radical (unpaired) electrons. The van der Waals surface area contributed by atoms with E-state index in [-0.39, 0.29) is 11.3 Å². The van der Waals surface area contributed by atoms with Gasteiger partial charge in [-0.25, -0.2) is 4.79 Å². The van der Waals surface area contributed by atoms with Crippen molar-refractivity contribution >= 4 is 41.0 Å². The highest BCUT2D eigenvalue weighted by Crippen LogP contribution is 2.11. The number of ketones is 1. The van der Waals surface area contributed by atoms with E-state index >= 15 is 0 Å². The Bertz CT molecular complexity index is 768. The Morgan fingerprint density at radius 1 is 1.33 bits per heavy atom. The maximum atomic E-state index is 12.3. The number of hydrogen-bond acceptors (Lipinski definition) is 7. The zero-order chi connectivity index (χ0) is 20.4. The Kier molecular flexibility index (Phi) is 9.40. The van der Waals surface area contributed by atoms with Gasteiger partial charge in [-0.15, -0.1) is 0 Å². The monoisotopic (exact) mass is 409 g/mol. The minimum absolute atomic E-state index is 0.0496. The van der Waals surface area contributed by atoms with Gasteiger partial charge in [0.1, 0.15) is 17.7 Å². The smallest absolute Gasteiger partial charge is 0.329 e. The molecule has 0 aliphatic heterocycles.